The van der Waals surface area contributed by atoms with Crippen molar-refractivity contribution in [3.05, 3.63) is 105 Å². The molecule has 0 bridgehead atoms. The minimum Gasteiger partial charge on any atom is -0.357 e. The summed E-state index contributed by atoms with van der Waals surface area (Å²) in [5, 5.41) is 3.94. The molecule has 0 radical (unpaired) electrons. The molecule has 1 heterocycles. The van der Waals surface area contributed by atoms with Gasteiger partial charge in [0.05, 0.1) is 27.5 Å². The lowest BCUT2D eigenvalue weighted by molar-refractivity contribution is -0.170. The number of anilines is 2. The van der Waals surface area contributed by atoms with Crippen LogP contribution in [0.2, 0.25) is 10.0 Å². The summed E-state index contributed by atoms with van der Waals surface area (Å²) in [5.41, 5.74) is 3.08. The van der Waals surface area contributed by atoms with Crippen LogP contribution in [-0.4, -0.2) is 17.9 Å². The van der Waals surface area contributed by atoms with Crippen LogP contribution < -0.4 is 10.2 Å². The van der Waals surface area contributed by atoms with Crippen LogP contribution in [0.25, 0.3) is 0 Å². The van der Waals surface area contributed by atoms with Crippen LogP contribution in [0, 0.1) is 6.92 Å². The molecular weight excluding hydrogens is 524 g/mol. The van der Waals surface area contributed by atoms with E-state index in [1.807, 2.05) is 6.92 Å². The minimum absolute atomic E-state index is 0.0451. The number of carbonyl (C=O) groups is 2. The van der Waals surface area contributed by atoms with Gasteiger partial charge in [0.2, 0.25) is 0 Å². The van der Waals surface area contributed by atoms with Crippen LogP contribution in [0.3, 0.4) is 0 Å². The maximum Gasteiger partial charge on any atom is 0.471 e. The summed E-state index contributed by atoms with van der Waals surface area (Å²) in [6.07, 6.45) is -4.77. The summed E-state index contributed by atoms with van der Waals surface area (Å²) in [6.45, 7) is 1.85. The van der Waals surface area contributed by atoms with Gasteiger partial charge in [-0.25, -0.2) is 0 Å². The molecule has 5 rings (SSSR count). The summed E-state index contributed by atoms with van der Waals surface area (Å²) in [5.74, 6) is -2.66. The average Bonchev–Trinajstić information content (AvgIpc) is 2.99. The van der Waals surface area contributed by atoms with Crippen molar-refractivity contribution >= 4 is 46.3 Å². The van der Waals surface area contributed by atoms with E-state index in [2.05, 4.69) is 5.32 Å². The second-order valence-electron chi connectivity index (χ2n) is 9.22. The fourth-order valence-electron chi connectivity index (χ4n) is 5.02. The number of halogens is 5. The van der Waals surface area contributed by atoms with Crippen LogP contribution in [0.15, 0.2) is 78.0 Å². The van der Waals surface area contributed by atoms with Crippen LogP contribution >= 0.6 is 23.2 Å². The summed E-state index contributed by atoms with van der Waals surface area (Å²) in [7, 11) is 0. The number of hydrogen-bond acceptors (Lipinski definition) is 3. The van der Waals surface area contributed by atoms with Crippen LogP contribution in [-0.2, 0) is 9.59 Å². The Labute approximate surface area is 221 Å². The third-order valence-corrected chi connectivity index (χ3v) is 7.50. The number of Topliss-reactive ketones (excluding diaryl/α,β-unsaturated/α-hetero) is 1. The first-order valence-corrected chi connectivity index (χ1v) is 12.3. The van der Waals surface area contributed by atoms with Gasteiger partial charge in [-0.05, 0) is 54.7 Å². The maximum atomic E-state index is 14.0. The summed E-state index contributed by atoms with van der Waals surface area (Å²) < 4.78 is 41.9. The molecule has 37 heavy (non-hydrogen) atoms. The lowest BCUT2D eigenvalue weighted by atomic mass is 9.78. The molecule has 1 amide bonds. The smallest absolute Gasteiger partial charge is 0.357 e. The standard InChI is InChI=1S/C28H21Cl2F3N2O2/c1-15-6-8-16(9-7-15)26-25-22(13-18(14-24(25)36)17-10-11-19(29)20(30)12-17)34-21-4-2-3-5-23(21)35(26)27(37)28(31,32)33/h2-12,18,26,34H,13-14H2,1H3/t18-,26-/m1/s1. The molecule has 4 nitrogen and oxygen atoms in total. The van der Waals surface area contributed by atoms with Gasteiger partial charge in [-0.15, -0.1) is 0 Å². The molecule has 0 saturated heterocycles. The van der Waals surface area contributed by atoms with Gasteiger partial charge in [0.1, 0.15) is 0 Å². The number of alkyl halides is 3. The Bertz CT molecular complexity index is 1430. The molecule has 0 saturated carbocycles. The third kappa shape index (κ3) is 4.74. The fraction of sp³-hybridized carbons (Fsp3) is 0.214. The zero-order valence-electron chi connectivity index (χ0n) is 19.6. The van der Waals surface area contributed by atoms with Gasteiger partial charge in [0.25, 0.3) is 0 Å². The number of hydrogen-bond donors (Lipinski definition) is 1. The van der Waals surface area contributed by atoms with Gasteiger partial charge in [-0.2, -0.15) is 13.2 Å². The zero-order chi connectivity index (χ0) is 26.5. The number of fused-ring (bicyclic) bond motifs is 1. The number of rotatable bonds is 2. The molecular formula is C28H21Cl2F3N2O2. The predicted molar refractivity (Wildman–Crippen MR) is 138 cm³/mol. The van der Waals surface area contributed by atoms with Crippen LogP contribution in [0.1, 0.15) is 41.5 Å². The Morgan fingerprint density at radius 2 is 1.62 bits per heavy atom. The Balaban J connectivity index is 1.72. The van der Waals surface area contributed by atoms with Crippen molar-refractivity contribution in [1.82, 2.24) is 0 Å². The Morgan fingerprint density at radius 3 is 2.30 bits per heavy atom. The number of nitrogens with zero attached hydrogens (tertiary/aromatic N) is 1. The van der Waals surface area contributed by atoms with Crippen molar-refractivity contribution in [2.24, 2.45) is 0 Å². The number of aryl methyl sites for hydroxylation is 1. The number of para-hydroxylation sites is 2. The molecule has 2 atom stereocenters. The summed E-state index contributed by atoms with van der Waals surface area (Å²) in [6, 6.07) is 17.0. The molecule has 3 aromatic rings. The summed E-state index contributed by atoms with van der Waals surface area (Å²) >= 11 is 12.3. The van der Waals surface area contributed by atoms with E-state index < -0.39 is 18.1 Å². The molecule has 3 aromatic carbocycles. The second-order valence-corrected chi connectivity index (χ2v) is 10.0. The van der Waals surface area contributed by atoms with E-state index in [1.54, 1.807) is 60.7 Å². The van der Waals surface area contributed by atoms with E-state index >= 15 is 0 Å². The molecule has 1 N–H and O–H groups in total. The predicted octanol–water partition coefficient (Wildman–Crippen LogP) is 7.76. The highest BCUT2D eigenvalue weighted by atomic mass is 35.5. The number of carbonyl (C=O) groups excluding carboxylic acids is 2. The topological polar surface area (TPSA) is 49.4 Å². The molecule has 1 aliphatic heterocycles. The lowest BCUT2D eigenvalue weighted by Crippen LogP contribution is -2.45. The Kier molecular flexibility index (Phi) is 6.54. The van der Waals surface area contributed by atoms with Gasteiger partial charge >= 0.3 is 12.1 Å². The number of ketones is 1. The van der Waals surface area contributed by atoms with Crippen LogP contribution in [0.5, 0.6) is 0 Å². The van der Waals surface area contributed by atoms with Gasteiger partial charge in [0, 0.05) is 17.7 Å². The molecule has 0 aromatic heterocycles. The first-order chi connectivity index (χ1) is 17.5. The van der Waals surface area contributed by atoms with E-state index in [0.29, 0.717) is 38.3 Å². The van der Waals surface area contributed by atoms with E-state index in [4.69, 9.17) is 23.2 Å². The number of nitrogens with one attached hydrogen (secondary N) is 1. The first kappa shape index (κ1) is 25.4. The van der Waals surface area contributed by atoms with Crippen molar-refractivity contribution in [1.29, 1.82) is 0 Å². The van der Waals surface area contributed by atoms with Gasteiger partial charge < -0.3 is 5.32 Å². The molecule has 9 heteroatoms. The molecule has 1 aliphatic carbocycles. The highest BCUT2D eigenvalue weighted by Crippen LogP contribution is 2.48. The van der Waals surface area contributed by atoms with Gasteiger partial charge in [-0.1, -0.05) is 71.2 Å². The van der Waals surface area contributed by atoms with Crippen LogP contribution in [0.4, 0.5) is 24.5 Å². The Morgan fingerprint density at radius 1 is 0.946 bits per heavy atom. The SMILES string of the molecule is Cc1ccc([C@@H]2C3=C(C[C@@H](c4ccc(Cl)c(Cl)c4)CC3=O)Nc3ccccc3N2C(=O)C(F)(F)F)cc1. The molecule has 190 valence electrons. The van der Waals surface area contributed by atoms with Gasteiger partial charge in [0.15, 0.2) is 5.78 Å². The Hall–Kier alpha value is -3.29. The highest BCUT2D eigenvalue weighted by molar-refractivity contribution is 6.42. The minimum atomic E-state index is -5.15. The van der Waals surface area contributed by atoms with E-state index in [9.17, 15) is 22.8 Å². The summed E-state index contributed by atoms with van der Waals surface area (Å²) in [4.78, 5) is 27.4. The van der Waals surface area contributed by atoms with E-state index in [1.165, 1.54) is 6.07 Å². The average molecular weight is 545 g/mol. The molecule has 0 fully saturated rings. The second kappa shape index (κ2) is 9.54. The molecule has 0 unspecified atom stereocenters. The largest absolute Gasteiger partial charge is 0.471 e. The number of amides is 1. The van der Waals surface area contributed by atoms with E-state index in [-0.39, 0.29) is 29.4 Å². The fourth-order valence-corrected chi connectivity index (χ4v) is 5.32. The molecule has 0 spiro atoms. The lowest BCUT2D eigenvalue weighted by Gasteiger charge is -2.35. The monoisotopic (exact) mass is 544 g/mol. The van der Waals surface area contributed by atoms with Crippen molar-refractivity contribution in [2.75, 3.05) is 10.2 Å². The molecule has 2 aliphatic rings. The maximum absolute atomic E-state index is 14.0. The van der Waals surface area contributed by atoms with Crippen molar-refractivity contribution in [3.8, 4) is 0 Å². The highest BCUT2D eigenvalue weighted by Gasteiger charge is 2.49. The van der Waals surface area contributed by atoms with Crippen molar-refractivity contribution in [2.45, 2.75) is 37.9 Å². The third-order valence-electron chi connectivity index (χ3n) is 6.76. The number of allylic oxidation sites excluding steroid dienone is 1. The first-order valence-electron chi connectivity index (χ1n) is 11.6. The number of benzene rings is 3. The van der Waals surface area contributed by atoms with Crippen molar-refractivity contribution in [3.63, 3.8) is 0 Å². The normalized spacial score (nSPS) is 19.6. The van der Waals surface area contributed by atoms with E-state index in [0.717, 1.165) is 11.1 Å². The quantitative estimate of drug-likeness (QED) is 0.358. The zero-order valence-corrected chi connectivity index (χ0v) is 21.1. The van der Waals surface area contributed by atoms with Gasteiger partial charge in [-0.3, -0.25) is 14.5 Å². The van der Waals surface area contributed by atoms with Crippen molar-refractivity contribution < 1.29 is 22.8 Å².